The van der Waals surface area contributed by atoms with Gasteiger partial charge in [-0.1, -0.05) is 39.0 Å². The van der Waals surface area contributed by atoms with Crippen LogP contribution in [0.1, 0.15) is 77.6 Å². The Balaban J connectivity index is 2.29. The lowest BCUT2D eigenvalue weighted by atomic mass is 9.51. The lowest BCUT2D eigenvalue weighted by molar-refractivity contribution is -0.183. The Kier molecular flexibility index (Phi) is 4.95. The van der Waals surface area contributed by atoms with Crippen molar-refractivity contribution in [1.82, 2.24) is 0 Å². The predicted octanol–water partition coefficient (Wildman–Crippen LogP) is 4.08. The fourth-order valence-electron chi connectivity index (χ4n) is 4.82. The molecule has 2 aliphatic carbocycles. The molecule has 4 nitrogen and oxygen atoms in total. The van der Waals surface area contributed by atoms with Crippen molar-refractivity contribution in [3.05, 3.63) is 0 Å². The first-order chi connectivity index (χ1) is 9.98. The number of rotatable bonds is 5. The van der Waals surface area contributed by atoms with Gasteiger partial charge < -0.3 is 10.2 Å². The van der Waals surface area contributed by atoms with Gasteiger partial charge in [0, 0.05) is 0 Å². The van der Waals surface area contributed by atoms with E-state index in [0.717, 1.165) is 44.9 Å². The molecule has 4 heteroatoms. The van der Waals surface area contributed by atoms with Crippen molar-refractivity contribution in [3.8, 4) is 0 Å². The van der Waals surface area contributed by atoms with E-state index in [1.165, 1.54) is 0 Å². The molecule has 2 saturated carbocycles. The molecule has 0 unspecified atom stereocenters. The predicted molar refractivity (Wildman–Crippen MR) is 80.1 cm³/mol. The van der Waals surface area contributed by atoms with Gasteiger partial charge in [0.1, 0.15) is 0 Å². The standard InChI is InChI=1S/C17H28O4/c1-2-6-13-7-11-17(12-8-13,15(20)21)16(14(18)19)9-4-3-5-10-16/h13H,2-12H2,1H3,(H,18,19)(H,20,21). The third kappa shape index (κ3) is 2.69. The lowest BCUT2D eigenvalue weighted by Gasteiger charge is -2.50. The molecule has 0 saturated heterocycles. The number of carboxylic acids is 2. The number of hydrogen-bond acceptors (Lipinski definition) is 2. The van der Waals surface area contributed by atoms with Crippen molar-refractivity contribution >= 4 is 11.9 Å². The lowest BCUT2D eigenvalue weighted by Crippen LogP contribution is -2.55. The van der Waals surface area contributed by atoms with Gasteiger partial charge in [-0.25, -0.2) is 0 Å². The molecule has 2 fully saturated rings. The summed E-state index contributed by atoms with van der Waals surface area (Å²) in [6.07, 6.45) is 8.87. The molecule has 2 rings (SSSR count). The van der Waals surface area contributed by atoms with Crippen LogP contribution in [0.15, 0.2) is 0 Å². The molecule has 0 aromatic rings. The first-order valence-electron chi connectivity index (χ1n) is 8.45. The highest BCUT2D eigenvalue weighted by atomic mass is 16.4. The number of carbonyl (C=O) groups is 2. The van der Waals surface area contributed by atoms with Crippen molar-refractivity contribution in [2.24, 2.45) is 16.7 Å². The van der Waals surface area contributed by atoms with Gasteiger partial charge >= 0.3 is 11.9 Å². The van der Waals surface area contributed by atoms with E-state index < -0.39 is 22.8 Å². The molecule has 0 aromatic carbocycles. The maximum absolute atomic E-state index is 12.1. The van der Waals surface area contributed by atoms with Gasteiger partial charge in [0.05, 0.1) is 10.8 Å². The van der Waals surface area contributed by atoms with E-state index in [-0.39, 0.29) is 0 Å². The second kappa shape index (κ2) is 6.37. The normalized spacial score (nSPS) is 32.5. The van der Waals surface area contributed by atoms with Crippen LogP contribution in [0, 0.1) is 16.7 Å². The topological polar surface area (TPSA) is 74.6 Å². The summed E-state index contributed by atoms with van der Waals surface area (Å²) in [5, 5.41) is 19.8. The minimum atomic E-state index is -1.04. The molecule has 2 N–H and O–H groups in total. The third-order valence-electron chi connectivity index (χ3n) is 6.10. The number of carboxylic acid groups (broad SMARTS) is 2. The Morgan fingerprint density at radius 2 is 1.38 bits per heavy atom. The first-order valence-corrected chi connectivity index (χ1v) is 8.45. The summed E-state index contributed by atoms with van der Waals surface area (Å²) < 4.78 is 0. The molecule has 120 valence electrons. The van der Waals surface area contributed by atoms with Gasteiger partial charge in [-0.3, -0.25) is 9.59 Å². The van der Waals surface area contributed by atoms with E-state index in [1.807, 2.05) is 0 Å². The van der Waals surface area contributed by atoms with Crippen molar-refractivity contribution < 1.29 is 19.8 Å². The smallest absolute Gasteiger partial charge is 0.310 e. The van der Waals surface area contributed by atoms with Crippen molar-refractivity contribution in [3.63, 3.8) is 0 Å². The van der Waals surface area contributed by atoms with Gasteiger partial charge in [-0.15, -0.1) is 0 Å². The van der Waals surface area contributed by atoms with Crippen LogP contribution in [0.2, 0.25) is 0 Å². The molecular formula is C17H28O4. The van der Waals surface area contributed by atoms with Crippen LogP contribution >= 0.6 is 0 Å². The van der Waals surface area contributed by atoms with Crippen LogP contribution in [-0.4, -0.2) is 22.2 Å². The summed E-state index contributed by atoms with van der Waals surface area (Å²) in [6.45, 7) is 2.15. The van der Waals surface area contributed by atoms with E-state index in [0.29, 0.717) is 31.6 Å². The zero-order valence-electron chi connectivity index (χ0n) is 13.1. The van der Waals surface area contributed by atoms with Gasteiger partial charge in [0.25, 0.3) is 0 Å². The van der Waals surface area contributed by atoms with E-state index in [2.05, 4.69) is 6.92 Å². The SMILES string of the molecule is CCCC1CCC(C(=O)O)(C2(C(=O)O)CCCCC2)CC1. The molecular weight excluding hydrogens is 268 g/mol. The zero-order chi connectivity index (χ0) is 15.5. The van der Waals surface area contributed by atoms with E-state index in [1.54, 1.807) is 0 Å². The van der Waals surface area contributed by atoms with E-state index in [9.17, 15) is 19.8 Å². The average molecular weight is 296 g/mol. The van der Waals surface area contributed by atoms with Crippen LogP contribution in [0.25, 0.3) is 0 Å². The fraction of sp³-hybridized carbons (Fsp3) is 0.882. The van der Waals surface area contributed by atoms with E-state index in [4.69, 9.17) is 0 Å². The molecule has 0 aromatic heterocycles. The van der Waals surface area contributed by atoms with Gasteiger partial charge in [0.2, 0.25) is 0 Å². The zero-order valence-corrected chi connectivity index (χ0v) is 13.1. The van der Waals surface area contributed by atoms with Gasteiger partial charge in [-0.2, -0.15) is 0 Å². The van der Waals surface area contributed by atoms with Crippen LogP contribution in [0.3, 0.4) is 0 Å². The third-order valence-corrected chi connectivity index (χ3v) is 6.10. The molecule has 0 radical (unpaired) electrons. The molecule has 0 atom stereocenters. The molecule has 0 spiro atoms. The molecule has 0 aliphatic heterocycles. The highest BCUT2D eigenvalue weighted by molar-refractivity contribution is 5.87. The second-order valence-corrected chi connectivity index (χ2v) is 7.07. The number of aliphatic carboxylic acids is 2. The highest BCUT2D eigenvalue weighted by Crippen LogP contribution is 2.58. The average Bonchev–Trinajstić information content (AvgIpc) is 2.48. The minimum Gasteiger partial charge on any atom is -0.481 e. The van der Waals surface area contributed by atoms with Crippen LogP contribution in [0.4, 0.5) is 0 Å². The molecule has 21 heavy (non-hydrogen) atoms. The molecule has 2 aliphatic rings. The van der Waals surface area contributed by atoms with Crippen LogP contribution in [0.5, 0.6) is 0 Å². The van der Waals surface area contributed by atoms with Gasteiger partial charge in [0.15, 0.2) is 0 Å². The Labute approximate surface area is 126 Å². The minimum absolute atomic E-state index is 0.535. The summed E-state index contributed by atoms with van der Waals surface area (Å²) in [7, 11) is 0. The van der Waals surface area contributed by atoms with Crippen LogP contribution in [-0.2, 0) is 9.59 Å². The molecule has 0 amide bonds. The summed E-state index contributed by atoms with van der Waals surface area (Å²) in [5.41, 5.74) is -2.07. The van der Waals surface area contributed by atoms with E-state index >= 15 is 0 Å². The van der Waals surface area contributed by atoms with Crippen molar-refractivity contribution in [1.29, 1.82) is 0 Å². The summed E-state index contributed by atoms with van der Waals surface area (Å²) in [6, 6.07) is 0. The Bertz CT molecular complexity index is 388. The maximum atomic E-state index is 12.1. The van der Waals surface area contributed by atoms with Crippen molar-refractivity contribution in [2.45, 2.75) is 77.6 Å². The monoisotopic (exact) mass is 296 g/mol. The fourth-order valence-corrected chi connectivity index (χ4v) is 4.82. The maximum Gasteiger partial charge on any atom is 0.310 e. The molecule has 0 heterocycles. The van der Waals surface area contributed by atoms with Crippen LogP contribution < -0.4 is 0 Å². The summed E-state index contributed by atoms with van der Waals surface area (Å²) in [4.78, 5) is 24.1. The Morgan fingerprint density at radius 1 is 0.905 bits per heavy atom. The first kappa shape index (κ1) is 16.3. The summed E-state index contributed by atoms with van der Waals surface area (Å²) >= 11 is 0. The summed E-state index contributed by atoms with van der Waals surface area (Å²) in [5.74, 6) is -1.17. The quantitative estimate of drug-likeness (QED) is 0.801. The number of hydrogen-bond donors (Lipinski definition) is 2. The Morgan fingerprint density at radius 3 is 1.81 bits per heavy atom. The largest absolute Gasteiger partial charge is 0.481 e. The highest BCUT2D eigenvalue weighted by Gasteiger charge is 2.61. The Hall–Kier alpha value is -1.06. The van der Waals surface area contributed by atoms with Crippen molar-refractivity contribution in [2.75, 3.05) is 0 Å². The van der Waals surface area contributed by atoms with Gasteiger partial charge in [-0.05, 0) is 44.4 Å². The molecule has 0 bridgehead atoms. The second-order valence-electron chi connectivity index (χ2n) is 7.07.